The first-order valence-corrected chi connectivity index (χ1v) is 4.17. The van der Waals surface area contributed by atoms with Gasteiger partial charge in [-0.25, -0.2) is 0 Å². The summed E-state index contributed by atoms with van der Waals surface area (Å²) in [4.78, 5) is 2.98. The van der Waals surface area contributed by atoms with Crippen LogP contribution in [-0.2, 0) is 0 Å². The van der Waals surface area contributed by atoms with Gasteiger partial charge in [0.05, 0.1) is 4.99 Å². The Balaban J connectivity index is 3.33. The summed E-state index contributed by atoms with van der Waals surface area (Å²) in [5.74, 6) is 0.961. The maximum Gasteiger partial charge on any atom is 0.0874 e. The van der Waals surface area contributed by atoms with E-state index in [1.54, 1.807) is 11.8 Å². The standard InChI is InChI=1S/C5H11NS2/c1-6(2)5(7)4-8-3/h4H2,1-3H3. The van der Waals surface area contributed by atoms with Crippen molar-refractivity contribution in [1.29, 1.82) is 0 Å². The smallest absolute Gasteiger partial charge is 0.0874 e. The Bertz CT molecular complexity index is 80.5. The van der Waals surface area contributed by atoms with Crippen molar-refractivity contribution in [3.05, 3.63) is 0 Å². The van der Waals surface area contributed by atoms with Crippen molar-refractivity contribution in [1.82, 2.24) is 4.90 Å². The van der Waals surface area contributed by atoms with Gasteiger partial charge in [0.2, 0.25) is 0 Å². The van der Waals surface area contributed by atoms with E-state index in [1.165, 1.54) is 0 Å². The molecule has 0 aliphatic carbocycles. The summed E-state index contributed by atoms with van der Waals surface area (Å²) in [6, 6.07) is 0. The van der Waals surface area contributed by atoms with E-state index < -0.39 is 0 Å². The minimum absolute atomic E-state index is 0.961. The Morgan fingerprint density at radius 3 is 2.25 bits per heavy atom. The van der Waals surface area contributed by atoms with Crippen molar-refractivity contribution in [2.75, 3.05) is 26.1 Å². The summed E-state index contributed by atoms with van der Waals surface area (Å²) >= 11 is 6.74. The molecule has 3 heteroatoms. The first kappa shape index (κ1) is 8.24. The topological polar surface area (TPSA) is 3.24 Å². The number of thiocarbonyl (C=S) groups is 1. The molecular weight excluding hydrogens is 138 g/mol. The van der Waals surface area contributed by atoms with E-state index in [2.05, 4.69) is 6.26 Å². The number of nitrogens with zero attached hydrogens (tertiary/aromatic N) is 1. The van der Waals surface area contributed by atoms with Crippen LogP contribution in [0.3, 0.4) is 0 Å². The van der Waals surface area contributed by atoms with Crippen LogP contribution in [-0.4, -0.2) is 36.0 Å². The molecule has 0 N–H and O–H groups in total. The molecule has 0 saturated heterocycles. The van der Waals surface area contributed by atoms with E-state index in [9.17, 15) is 0 Å². The van der Waals surface area contributed by atoms with Crippen molar-refractivity contribution >= 4 is 29.0 Å². The molecule has 0 fully saturated rings. The predicted octanol–water partition coefficient (Wildman–Crippen LogP) is 1.24. The normalized spacial score (nSPS) is 8.88. The van der Waals surface area contributed by atoms with E-state index >= 15 is 0 Å². The number of rotatable bonds is 2. The van der Waals surface area contributed by atoms with Gasteiger partial charge in [-0.1, -0.05) is 12.2 Å². The SMILES string of the molecule is CSCC(=S)N(C)C. The fourth-order valence-corrected chi connectivity index (χ4v) is 1.11. The second-order valence-corrected chi connectivity index (χ2v) is 3.06. The summed E-state index contributed by atoms with van der Waals surface area (Å²) in [5.41, 5.74) is 0. The molecule has 8 heavy (non-hydrogen) atoms. The lowest BCUT2D eigenvalue weighted by atomic mass is 10.7. The first-order chi connectivity index (χ1) is 3.68. The zero-order chi connectivity index (χ0) is 6.57. The fraction of sp³-hybridized carbons (Fsp3) is 0.800. The molecule has 0 saturated carbocycles. The van der Waals surface area contributed by atoms with Crippen molar-refractivity contribution < 1.29 is 0 Å². The van der Waals surface area contributed by atoms with E-state index in [4.69, 9.17) is 12.2 Å². The van der Waals surface area contributed by atoms with Crippen LogP contribution in [0.15, 0.2) is 0 Å². The Hall–Kier alpha value is 0.240. The molecule has 48 valence electrons. The van der Waals surface area contributed by atoms with Crippen LogP contribution in [0.5, 0.6) is 0 Å². The van der Waals surface area contributed by atoms with Gasteiger partial charge < -0.3 is 4.90 Å². The maximum absolute atomic E-state index is 4.98. The summed E-state index contributed by atoms with van der Waals surface area (Å²) in [6.07, 6.45) is 2.05. The summed E-state index contributed by atoms with van der Waals surface area (Å²) in [7, 11) is 3.94. The molecule has 0 spiro atoms. The molecule has 0 atom stereocenters. The minimum Gasteiger partial charge on any atom is -0.372 e. The molecule has 0 amide bonds. The molecule has 0 rings (SSSR count). The van der Waals surface area contributed by atoms with Gasteiger partial charge in [0.1, 0.15) is 0 Å². The monoisotopic (exact) mass is 149 g/mol. The molecule has 0 aliphatic heterocycles. The van der Waals surface area contributed by atoms with Crippen molar-refractivity contribution in [3.8, 4) is 0 Å². The van der Waals surface area contributed by atoms with Gasteiger partial charge in [-0.2, -0.15) is 11.8 Å². The highest BCUT2D eigenvalue weighted by atomic mass is 32.2. The second kappa shape index (κ2) is 4.15. The molecule has 1 nitrogen and oxygen atoms in total. The highest BCUT2D eigenvalue weighted by Crippen LogP contribution is 1.94. The number of hydrogen-bond acceptors (Lipinski definition) is 2. The lowest BCUT2D eigenvalue weighted by Crippen LogP contribution is -2.21. The average Bonchev–Trinajstić information content (AvgIpc) is 1.67. The van der Waals surface area contributed by atoms with Gasteiger partial charge >= 0.3 is 0 Å². The zero-order valence-corrected chi connectivity index (χ0v) is 7.10. The Morgan fingerprint density at radius 1 is 1.62 bits per heavy atom. The fourth-order valence-electron chi connectivity index (χ4n) is 0.253. The van der Waals surface area contributed by atoms with Crippen molar-refractivity contribution in [2.45, 2.75) is 0 Å². The van der Waals surface area contributed by atoms with Crippen LogP contribution in [0.4, 0.5) is 0 Å². The van der Waals surface area contributed by atoms with Crippen LogP contribution in [0.25, 0.3) is 0 Å². The van der Waals surface area contributed by atoms with Crippen LogP contribution >= 0.6 is 24.0 Å². The van der Waals surface area contributed by atoms with Gasteiger partial charge in [-0.05, 0) is 6.26 Å². The summed E-state index contributed by atoms with van der Waals surface area (Å²) in [5, 5.41) is 0. The molecule has 0 unspecified atom stereocenters. The van der Waals surface area contributed by atoms with Crippen LogP contribution < -0.4 is 0 Å². The lowest BCUT2D eigenvalue weighted by molar-refractivity contribution is 0.633. The van der Waals surface area contributed by atoms with Gasteiger partial charge in [-0.3, -0.25) is 0 Å². The Labute approximate surface area is 60.4 Å². The largest absolute Gasteiger partial charge is 0.372 e. The zero-order valence-electron chi connectivity index (χ0n) is 5.47. The maximum atomic E-state index is 4.98. The third-order valence-electron chi connectivity index (χ3n) is 0.767. The van der Waals surface area contributed by atoms with E-state index in [-0.39, 0.29) is 0 Å². The van der Waals surface area contributed by atoms with E-state index in [1.807, 2.05) is 19.0 Å². The first-order valence-electron chi connectivity index (χ1n) is 2.37. The van der Waals surface area contributed by atoms with Gasteiger partial charge in [-0.15, -0.1) is 0 Å². The van der Waals surface area contributed by atoms with E-state index in [0.29, 0.717) is 0 Å². The predicted molar refractivity (Wildman–Crippen MR) is 44.7 cm³/mol. The third kappa shape index (κ3) is 3.27. The number of hydrogen-bond donors (Lipinski definition) is 0. The van der Waals surface area contributed by atoms with Crippen molar-refractivity contribution in [2.24, 2.45) is 0 Å². The quantitative estimate of drug-likeness (QED) is 0.544. The van der Waals surface area contributed by atoms with Crippen molar-refractivity contribution in [3.63, 3.8) is 0 Å². The van der Waals surface area contributed by atoms with Gasteiger partial charge in [0, 0.05) is 19.8 Å². The molecule has 0 aromatic carbocycles. The molecule has 0 bridgehead atoms. The van der Waals surface area contributed by atoms with Crippen LogP contribution in [0, 0.1) is 0 Å². The average molecular weight is 149 g/mol. The minimum atomic E-state index is 0.961. The highest BCUT2D eigenvalue weighted by Gasteiger charge is 1.93. The molecular formula is C5H11NS2. The summed E-state index contributed by atoms with van der Waals surface area (Å²) < 4.78 is 0. The van der Waals surface area contributed by atoms with Crippen LogP contribution in [0.2, 0.25) is 0 Å². The number of thioether (sulfide) groups is 1. The molecule has 0 aromatic heterocycles. The Morgan fingerprint density at radius 2 is 2.12 bits per heavy atom. The molecule has 0 aliphatic rings. The van der Waals surface area contributed by atoms with Crippen LogP contribution in [0.1, 0.15) is 0 Å². The second-order valence-electron chi connectivity index (χ2n) is 1.72. The lowest BCUT2D eigenvalue weighted by Gasteiger charge is -2.11. The van der Waals surface area contributed by atoms with Gasteiger partial charge in [0.25, 0.3) is 0 Å². The highest BCUT2D eigenvalue weighted by molar-refractivity contribution is 8.00. The molecule has 0 radical (unpaired) electrons. The summed E-state index contributed by atoms with van der Waals surface area (Å²) in [6.45, 7) is 0. The molecule has 0 aromatic rings. The van der Waals surface area contributed by atoms with Gasteiger partial charge in [0.15, 0.2) is 0 Å². The Kier molecular flexibility index (Phi) is 4.28. The van der Waals surface area contributed by atoms with E-state index in [0.717, 1.165) is 10.7 Å². The third-order valence-corrected chi connectivity index (χ3v) is 2.02. The molecule has 0 heterocycles.